The van der Waals surface area contributed by atoms with Crippen LogP contribution in [0.3, 0.4) is 0 Å². The summed E-state index contributed by atoms with van der Waals surface area (Å²) in [7, 11) is 0. The summed E-state index contributed by atoms with van der Waals surface area (Å²) in [5, 5.41) is 0. The molecule has 7 heavy (non-hydrogen) atoms. The lowest BCUT2D eigenvalue weighted by atomic mass is 10.8. The van der Waals surface area contributed by atoms with Crippen molar-refractivity contribution < 1.29 is 4.74 Å². The maximum absolute atomic E-state index is 5.09. The molecule has 0 aliphatic heterocycles. The van der Waals surface area contributed by atoms with E-state index in [0.29, 0.717) is 6.61 Å². The van der Waals surface area contributed by atoms with E-state index in [1.807, 2.05) is 6.92 Å². The molecule has 40 valence electrons. The number of hydrogen-bond donors (Lipinski definition) is 0. The average Bonchev–Trinajstić information content (AvgIpc) is 1.69. The molecule has 0 atom stereocenters. The molecule has 0 aromatic rings. The average molecular weight is 119 g/mol. The second-order valence-corrected chi connectivity index (χ2v) is 1.07. The Morgan fingerprint density at radius 1 is 1.86 bits per heavy atom. The molecular weight excluding hydrogens is 112 g/mol. The molecule has 0 saturated carbocycles. The van der Waals surface area contributed by atoms with Gasteiger partial charge in [0.2, 0.25) is 0 Å². The Kier molecular flexibility index (Phi) is 5.30. The van der Waals surface area contributed by atoms with Crippen molar-refractivity contribution in [2.45, 2.75) is 6.92 Å². The van der Waals surface area contributed by atoms with Crippen LogP contribution in [0.2, 0.25) is 0 Å². The zero-order valence-electron chi connectivity index (χ0n) is 4.15. The highest BCUT2D eigenvalue weighted by Gasteiger charge is 1.60. The first-order chi connectivity index (χ1) is 3.41. The topological polar surface area (TPSA) is 9.23 Å². The van der Waals surface area contributed by atoms with Gasteiger partial charge in [0.25, 0.3) is 0 Å². The fourth-order valence-electron chi connectivity index (χ4n) is 0.157. The Morgan fingerprint density at radius 3 is 3.00 bits per heavy atom. The Morgan fingerprint density at radius 2 is 2.57 bits per heavy atom. The Balaban J connectivity index is 3.10. The minimum atomic E-state index is 0.664. The van der Waals surface area contributed by atoms with Crippen molar-refractivity contribution in [3.63, 3.8) is 0 Å². The van der Waals surface area contributed by atoms with Gasteiger partial charge in [-0.2, -0.15) is 0 Å². The smallest absolute Gasteiger partial charge is 0.126 e. The van der Waals surface area contributed by atoms with Crippen molar-refractivity contribution in [3.05, 3.63) is 17.5 Å². The van der Waals surface area contributed by atoms with Gasteiger partial charge in [-0.3, -0.25) is 0 Å². The van der Waals surface area contributed by atoms with Crippen LogP contribution in [-0.2, 0) is 4.74 Å². The number of rotatable bonds is 2. The fraction of sp³-hybridized carbons (Fsp3) is 0.400. The highest BCUT2D eigenvalue weighted by Crippen LogP contribution is 1.74. The second kappa shape index (κ2) is 5.61. The third-order valence-corrected chi connectivity index (χ3v) is 0.507. The summed E-state index contributed by atoms with van der Waals surface area (Å²) < 4.78 is 4.72. The lowest BCUT2D eigenvalue weighted by molar-refractivity contribution is 0.270. The summed E-state index contributed by atoms with van der Waals surface area (Å²) in [6, 6.07) is 0. The zero-order valence-corrected chi connectivity index (χ0v) is 4.90. The number of halogens is 1. The molecule has 0 bridgehead atoms. The summed E-state index contributed by atoms with van der Waals surface area (Å²) in [6.45, 7) is 2.56. The summed E-state index contributed by atoms with van der Waals surface area (Å²) in [4.78, 5) is 0. The minimum absolute atomic E-state index is 0.664. The van der Waals surface area contributed by atoms with E-state index in [1.165, 1.54) is 11.8 Å². The molecular formula is C5H7ClO. The van der Waals surface area contributed by atoms with Crippen LogP contribution in [-0.4, -0.2) is 6.61 Å². The molecule has 0 amide bonds. The van der Waals surface area contributed by atoms with Gasteiger partial charge in [-0.25, -0.2) is 0 Å². The van der Waals surface area contributed by atoms with Crippen molar-refractivity contribution in [3.8, 4) is 0 Å². The van der Waals surface area contributed by atoms with E-state index >= 15 is 0 Å². The molecule has 0 aromatic heterocycles. The van der Waals surface area contributed by atoms with Crippen molar-refractivity contribution in [2.75, 3.05) is 6.61 Å². The predicted octanol–water partition coefficient (Wildman–Crippen LogP) is 1.89. The third-order valence-electron chi connectivity index (χ3n) is 0.381. The van der Waals surface area contributed by atoms with Gasteiger partial charge in [-0.1, -0.05) is 17.3 Å². The van der Waals surface area contributed by atoms with Crippen LogP contribution >= 0.6 is 11.6 Å². The molecule has 0 radical (unpaired) electrons. The van der Waals surface area contributed by atoms with E-state index < -0.39 is 0 Å². The van der Waals surface area contributed by atoms with Crippen LogP contribution in [0.5, 0.6) is 0 Å². The summed E-state index contributed by atoms with van der Waals surface area (Å²) in [5.41, 5.74) is 3.82. The molecule has 0 aliphatic carbocycles. The number of hydrogen-bond acceptors (Lipinski definition) is 1. The molecule has 0 aliphatic rings. The van der Waals surface area contributed by atoms with E-state index in [-0.39, 0.29) is 0 Å². The van der Waals surface area contributed by atoms with Crippen LogP contribution in [0.15, 0.2) is 17.5 Å². The van der Waals surface area contributed by atoms with Crippen molar-refractivity contribution in [2.24, 2.45) is 0 Å². The number of ether oxygens (including phenoxy) is 1. The largest absolute Gasteiger partial charge is 0.493 e. The molecule has 0 unspecified atom stereocenters. The fourth-order valence-corrected chi connectivity index (χ4v) is 0.209. The van der Waals surface area contributed by atoms with Crippen LogP contribution in [0.25, 0.3) is 0 Å². The third kappa shape index (κ3) is 5.61. The van der Waals surface area contributed by atoms with Gasteiger partial charge < -0.3 is 4.74 Å². The van der Waals surface area contributed by atoms with Gasteiger partial charge in [-0.05, 0) is 6.92 Å². The minimum Gasteiger partial charge on any atom is -0.493 e. The molecule has 0 spiro atoms. The van der Waals surface area contributed by atoms with Crippen LogP contribution in [0.1, 0.15) is 6.92 Å². The van der Waals surface area contributed by atoms with E-state index in [2.05, 4.69) is 5.73 Å². The molecule has 0 heterocycles. The van der Waals surface area contributed by atoms with E-state index in [4.69, 9.17) is 16.3 Å². The highest BCUT2D eigenvalue weighted by atomic mass is 35.5. The van der Waals surface area contributed by atoms with Gasteiger partial charge in [0.1, 0.15) is 6.26 Å². The van der Waals surface area contributed by atoms with Gasteiger partial charge in [-0.15, -0.1) is 0 Å². The summed E-state index contributed by atoms with van der Waals surface area (Å²) in [5.74, 6) is 0. The van der Waals surface area contributed by atoms with E-state index in [9.17, 15) is 0 Å². The monoisotopic (exact) mass is 118 g/mol. The standard InChI is InChI=1S/C5H7ClO/c1-2-7-5-3-4-6/h4-5H,2H2,1H3. The summed E-state index contributed by atoms with van der Waals surface area (Å²) >= 11 is 5.09. The molecule has 1 nitrogen and oxygen atoms in total. The second-order valence-electron chi connectivity index (χ2n) is 0.849. The Labute approximate surface area is 48.2 Å². The Bertz CT molecular complexity index is 82.1. The molecule has 0 saturated heterocycles. The SMILES string of the molecule is CCOC=C=CCl. The molecule has 0 N–H and O–H groups in total. The molecule has 0 fully saturated rings. The first-order valence-corrected chi connectivity index (χ1v) is 2.46. The normalized spacial score (nSPS) is 6.57. The lowest BCUT2D eigenvalue weighted by Crippen LogP contribution is -1.72. The Hall–Kier alpha value is -0.390. The highest BCUT2D eigenvalue weighted by molar-refractivity contribution is 6.25. The van der Waals surface area contributed by atoms with Gasteiger partial charge in [0.05, 0.1) is 6.61 Å². The van der Waals surface area contributed by atoms with Crippen molar-refractivity contribution in [1.82, 2.24) is 0 Å². The van der Waals surface area contributed by atoms with Gasteiger partial charge >= 0.3 is 0 Å². The van der Waals surface area contributed by atoms with Crippen molar-refractivity contribution in [1.29, 1.82) is 0 Å². The van der Waals surface area contributed by atoms with Gasteiger partial charge in [0, 0.05) is 5.54 Å². The maximum atomic E-state index is 5.09. The predicted molar refractivity (Wildman–Crippen MR) is 30.1 cm³/mol. The lowest BCUT2D eigenvalue weighted by Gasteiger charge is -1.84. The molecule has 0 rings (SSSR count). The van der Waals surface area contributed by atoms with Crippen LogP contribution in [0.4, 0.5) is 0 Å². The summed E-state index contributed by atoms with van der Waals surface area (Å²) in [6.07, 6.45) is 1.42. The van der Waals surface area contributed by atoms with Crippen LogP contribution in [0, 0.1) is 0 Å². The van der Waals surface area contributed by atoms with Gasteiger partial charge in [0.15, 0.2) is 0 Å². The van der Waals surface area contributed by atoms with Crippen LogP contribution < -0.4 is 0 Å². The first-order valence-electron chi connectivity index (χ1n) is 2.03. The quantitative estimate of drug-likeness (QED) is 0.398. The molecule has 2 heteroatoms. The van der Waals surface area contributed by atoms with E-state index in [0.717, 1.165) is 0 Å². The zero-order chi connectivity index (χ0) is 5.54. The van der Waals surface area contributed by atoms with Crippen molar-refractivity contribution >= 4 is 11.6 Å². The van der Waals surface area contributed by atoms with E-state index in [1.54, 1.807) is 0 Å². The first kappa shape index (κ1) is 6.61. The maximum Gasteiger partial charge on any atom is 0.126 e. The molecule has 0 aromatic carbocycles.